The molecule has 0 heterocycles. The molecule has 0 atom stereocenters. The van der Waals surface area contributed by atoms with Crippen molar-refractivity contribution in [3.63, 3.8) is 0 Å². The number of hydrogen-bond acceptors (Lipinski definition) is 5. The lowest BCUT2D eigenvalue weighted by Gasteiger charge is -2.17. The number of benzene rings is 1. The Kier molecular flexibility index (Phi) is 9.77. The van der Waals surface area contributed by atoms with E-state index >= 15 is 0 Å². The molecule has 0 fully saturated rings. The average molecular weight is 335 g/mol. The van der Waals surface area contributed by atoms with E-state index in [0.29, 0.717) is 19.8 Å². The third kappa shape index (κ3) is 6.71. The first kappa shape index (κ1) is 20.2. The fourth-order valence-electron chi connectivity index (χ4n) is 2.32. The second kappa shape index (κ2) is 11.6. The smallest absolute Gasteiger partial charge is 0.339 e. The van der Waals surface area contributed by atoms with E-state index in [1.807, 2.05) is 0 Å². The number of esters is 2. The largest absolute Gasteiger partial charge is 0.462 e. The van der Waals surface area contributed by atoms with Crippen LogP contribution in [-0.2, 0) is 9.47 Å². The maximum Gasteiger partial charge on any atom is 0.339 e. The molecule has 5 nitrogen and oxygen atoms in total. The van der Waals surface area contributed by atoms with Gasteiger partial charge in [-0.2, -0.15) is 0 Å². The van der Waals surface area contributed by atoms with Crippen LogP contribution in [0, 0.1) is 0 Å². The number of nitrogens with zero attached hydrogens (tertiary/aromatic N) is 1. The molecule has 134 valence electrons. The third-order valence-corrected chi connectivity index (χ3v) is 3.88. The van der Waals surface area contributed by atoms with Gasteiger partial charge in [-0.05, 0) is 31.6 Å². The minimum atomic E-state index is -0.483. The topological polar surface area (TPSA) is 55.8 Å². The summed E-state index contributed by atoms with van der Waals surface area (Å²) in [6.45, 7) is 9.40. The Morgan fingerprint density at radius 2 is 1.42 bits per heavy atom. The number of unbranched alkanes of at least 4 members (excludes halogenated alkanes) is 2. The van der Waals surface area contributed by atoms with Gasteiger partial charge in [0.25, 0.3) is 0 Å². The van der Waals surface area contributed by atoms with Crippen molar-refractivity contribution in [3.05, 3.63) is 35.4 Å². The van der Waals surface area contributed by atoms with E-state index in [4.69, 9.17) is 9.47 Å². The van der Waals surface area contributed by atoms with E-state index in [9.17, 15) is 9.59 Å². The van der Waals surface area contributed by atoms with Crippen LogP contribution in [0.25, 0.3) is 0 Å². The normalized spacial score (nSPS) is 10.7. The van der Waals surface area contributed by atoms with E-state index < -0.39 is 11.9 Å². The Hall–Kier alpha value is -1.88. The zero-order chi connectivity index (χ0) is 17.8. The van der Waals surface area contributed by atoms with Gasteiger partial charge in [-0.25, -0.2) is 9.59 Å². The summed E-state index contributed by atoms with van der Waals surface area (Å²) in [6.07, 6.45) is 2.91. The predicted octanol–water partition coefficient (Wildman–Crippen LogP) is 3.53. The molecule has 0 amide bonds. The van der Waals surface area contributed by atoms with Crippen molar-refractivity contribution in [2.45, 2.75) is 40.0 Å². The van der Waals surface area contributed by atoms with Crippen molar-refractivity contribution in [1.29, 1.82) is 0 Å². The summed E-state index contributed by atoms with van der Waals surface area (Å²) in [5.74, 6) is -0.953. The Morgan fingerprint density at radius 1 is 0.875 bits per heavy atom. The van der Waals surface area contributed by atoms with Crippen LogP contribution >= 0.6 is 0 Å². The molecule has 1 aromatic rings. The van der Waals surface area contributed by atoms with Crippen LogP contribution in [0.3, 0.4) is 0 Å². The summed E-state index contributed by atoms with van der Waals surface area (Å²) in [4.78, 5) is 26.6. The molecule has 0 unspecified atom stereocenters. The van der Waals surface area contributed by atoms with E-state index in [2.05, 4.69) is 25.7 Å². The molecular formula is C19H29NO4. The molecule has 0 radical (unpaired) electrons. The van der Waals surface area contributed by atoms with Crippen molar-refractivity contribution in [1.82, 2.24) is 4.90 Å². The van der Waals surface area contributed by atoms with Crippen molar-refractivity contribution in [2.24, 2.45) is 0 Å². The summed E-state index contributed by atoms with van der Waals surface area (Å²) in [7, 11) is 0. The summed E-state index contributed by atoms with van der Waals surface area (Å²) in [5.41, 5.74) is 0.527. The van der Waals surface area contributed by atoms with Crippen molar-refractivity contribution < 1.29 is 19.1 Å². The number of carbonyl (C=O) groups is 2. The van der Waals surface area contributed by atoms with Gasteiger partial charge >= 0.3 is 11.9 Å². The SMILES string of the molecule is CCCCCOC(=O)c1ccccc1C(=O)OCCN(CC)CC. The first-order valence-corrected chi connectivity index (χ1v) is 8.79. The highest BCUT2D eigenvalue weighted by Gasteiger charge is 2.19. The number of likely N-dealkylation sites (N-methyl/N-ethyl adjacent to an activating group) is 1. The van der Waals surface area contributed by atoms with Gasteiger partial charge in [0, 0.05) is 6.54 Å². The fraction of sp³-hybridized carbons (Fsp3) is 0.579. The summed E-state index contributed by atoms with van der Waals surface area (Å²) in [6, 6.07) is 6.63. The molecule has 5 heteroatoms. The molecule has 0 aromatic heterocycles. The average Bonchev–Trinajstić information content (AvgIpc) is 2.62. The van der Waals surface area contributed by atoms with Gasteiger partial charge in [-0.3, -0.25) is 0 Å². The predicted molar refractivity (Wildman–Crippen MR) is 94.3 cm³/mol. The first-order valence-electron chi connectivity index (χ1n) is 8.79. The number of rotatable bonds is 11. The van der Waals surface area contributed by atoms with Gasteiger partial charge in [0.05, 0.1) is 17.7 Å². The molecule has 0 bridgehead atoms. The molecule has 0 saturated carbocycles. The quantitative estimate of drug-likeness (QED) is 0.457. The van der Waals surface area contributed by atoms with Gasteiger partial charge in [0.2, 0.25) is 0 Å². The summed E-state index contributed by atoms with van der Waals surface area (Å²) < 4.78 is 10.6. The summed E-state index contributed by atoms with van der Waals surface area (Å²) in [5, 5.41) is 0. The van der Waals surface area contributed by atoms with E-state index in [1.165, 1.54) is 0 Å². The fourth-order valence-corrected chi connectivity index (χ4v) is 2.32. The lowest BCUT2D eigenvalue weighted by atomic mass is 10.1. The van der Waals surface area contributed by atoms with Crippen LogP contribution in [0.4, 0.5) is 0 Å². The molecule has 0 saturated heterocycles. The van der Waals surface area contributed by atoms with Crippen molar-refractivity contribution >= 4 is 11.9 Å². The second-order valence-corrected chi connectivity index (χ2v) is 5.55. The number of hydrogen-bond donors (Lipinski definition) is 0. The number of ether oxygens (including phenoxy) is 2. The zero-order valence-corrected chi connectivity index (χ0v) is 15.0. The summed E-state index contributed by atoms with van der Waals surface area (Å²) >= 11 is 0. The minimum absolute atomic E-state index is 0.262. The van der Waals surface area contributed by atoms with Crippen LogP contribution in [0.2, 0.25) is 0 Å². The highest BCUT2D eigenvalue weighted by molar-refractivity contribution is 6.03. The monoisotopic (exact) mass is 335 g/mol. The van der Waals surface area contributed by atoms with Crippen LogP contribution in [0.15, 0.2) is 24.3 Å². The first-order chi connectivity index (χ1) is 11.6. The van der Waals surface area contributed by atoms with Crippen molar-refractivity contribution in [2.75, 3.05) is 32.8 Å². The maximum absolute atomic E-state index is 12.3. The molecule has 1 rings (SSSR count). The second-order valence-electron chi connectivity index (χ2n) is 5.55. The zero-order valence-electron chi connectivity index (χ0n) is 15.0. The van der Waals surface area contributed by atoms with Crippen molar-refractivity contribution in [3.8, 4) is 0 Å². The molecule has 0 aliphatic heterocycles. The van der Waals surface area contributed by atoms with E-state index in [0.717, 1.165) is 32.4 Å². The molecule has 0 aliphatic rings. The van der Waals surface area contributed by atoms with E-state index in [1.54, 1.807) is 24.3 Å². The molecule has 0 aliphatic carbocycles. The highest BCUT2D eigenvalue weighted by Crippen LogP contribution is 2.12. The van der Waals surface area contributed by atoms with Crippen LogP contribution in [0.1, 0.15) is 60.7 Å². The molecule has 0 N–H and O–H groups in total. The Bertz CT molecular complexity index is 512. The lowest BCUT2D eigenvalue weighted by molar-refractivity contribution is 0.0433. The highest BCUT2D eigenvalue weighted by atomic mass is 16.5. The van der Waals surface area contributed by atoms with Gasteiger partial charge in [-0.15, -0.1) is 0 Å². The molecule has 1 aromatic carbocycles. The van der Waals surface area contributed by atoms with Crippen LogP contribution < -0.4 is 0 Å². The van der Waals surface area contributed by atoms with Gasteiger partial charge in [-0.1, -0.05) is 45.7 Å². The Morgan fingerprint density at radius 3 is 1.92 bits per heavy atom. The van der Waals surface area contributed by atoms with Gasteiger partial charge < -0.3 is 14.4 Å². The van der Waals surface area contributed by atoms with Gasteiger partial charge in [0.15, 0.2) is 0 Å². The van der Waals surface area contributed by atoms with E-state index in [-0.39, 0.29) is 11.1 Å². The standard InChI is InChI=1S/C19H29NO4/c1-4-7-10-14-23-18(21)16-11-8-9-12-17(16)19(22)24-15-13-20(5-2)6-3/h8-9,11-12H,4-7,10,13-15H2,1-3H3. The third-order valence-electron chi connectivity index (χ3n) is 3.88. The number of carbonyl (C=O) groups excluding carboxylic acids is 2. The van der Waals surface area contributed by atoms with Crippen LogP contribution in [0.5, 0.6) is 0 Å². The maximum atomic E-state index is 12.3. The Labute approximate surface area is 144 Å². The van der Waals surface area contributed by atoms with Gasteiger partial charge in [0.1, 0.15) is 6.61 Å². The minimum Gasteiger partial charge on any atom is -0.462 e. The molecular weight excluding hydrogens is 306 g/mol. The lowest BCUT2D eigenvalue weighted by Crippen LogP contribution is -2.28. The molecule has 24 heavy (non-hydrogen) atoms. The molecule has 0 spiro atoms. The van der Waals surface area contributed by atoms with Crippen LogP contribution in [-0.4, -0.2) is 49.7 Å². The Balaban J connectivity index is 2.61.